The minimum absolute atomic E-state index is 0.146. The van der Waals surface area contributed by atoms with Crippen LogP contribution >= 0.6 is 11.6 Å². The van der Waals surface area contributed by atoms with Gasteiger partial charge in [0, 0.05) is 5.69 Å². The van der Waals surface area contributed by atoms with Gasteiger partial charge in [-0.3, -0.25) is 4.79 Å². The summed E-state index contributed by atoms with van der Waals surface area (Å²) in [6.07, 6.45) is -4.96. The number of benzene rings is 1. The first-order chi connectivity index (χ1) is 9.45. The minimum Gasteiger partial charge on any atom is -0.433 e. The van der Waals surface area contributed by atoms with Gasteiger partial charge in [-0.2, -0.15) is 22.0 Å². The number of alkyl halides is 5. The van der Waals surface area contributed by atoms with Crippen molar-refractivity contribution < 1.29 is 31.5 Å². The monoisotopic (exact) mass is 332 g/mol. The first kappa shape index (κ1) is 17.4. The van der Waals surface area contributed by atoms with Gasteiger partial charge in [-0.15, -0.1) is 0 Å². The molecular formula is C11H10ClF5N2O2. The highest BCUT2D eigenvalue weighted by molar-refractivity contribution is 6.32. The van der Waals surface area contributed by atoms with Gasteiger partial charge in [-0.1, -0.05) is 11.6 Å². The summed E-state index contributed by atoms with van der Waals surface area (Å²) >= 11 is 5.60. The van der Waals surface area contributed by atoms with Crippen molar-refractivity contribution in [1.82, 2.24) is 0 Å². The Bertz CT molecular complexity index is 534. The van der Waals surface area contributed by atoms with Crippen LogP contribution in [0.3, 0.4) is 0 Å². The number of nitrogens with two attached hydrogens (primary N) is 1. The molecule has 3 N–H and O–H groups in total. The van der Waals surface area contributed by atoms with Crippen molar-refractivity contribution in [3.05, 3.63) is 23.2 Å². The molecule has 0 aliphatic heterocycles. The smallest absolute Gasteiger partial charge is 0.415 e. The lowest BCUT2D eigenvalue weighted by atomic mass is 10.0. The van der Waals surface area contributed by atoms with E-state index in [1.54, 1.807) is 0 Å². The van der Waals surface area contributed by atoms with Gasteiger partial charge >= 0.3 is 12.8 Å². The summed E-state index contributed by atoms with van der Waals surface area (Å²) in [4.78, 5) is 11.5. The quantitative estimate of drug-likeness (QED) is 0.832. The zero-order valence-electron chi connectivity index (χ0n) is 10.5. The predicted octanol–water partition coefficient (Wildman–Crippen LogP) is 3.16. The summed E-state index contributed by atoms with van der Waals surface area (Å²) in [5.74, 6) is -1.90. The number of ether oxygens (including phenoxy) is 1. The Morgan fingerprint density at radius 2 is 1.95 bits per heavy atom. The van der Waals surface area contributed by atoms with E-state index in [0.717, 1.165) is 18.2 Å². The second-order valence-corrected chi connectivity index (χ2v) is 4.59. The van der Waals surface area contributed by atoms with Gasteiger partial charge < -0.3 is 15.8 Å². The van der Waals surface area contributed by atoms with Crippen molar-refractivity contribution in [2.75, 3.05) is 5.32 Å². The molecule has 0 fully saturated rings. The van der Waals surface area contributed by atoms with Crippen molar-refractivity contribution >= 4 is 23.2 Å². The Morgan fingerprint density at radius 3 is 2.38 bits per heavy atom. The van der Waals surface area contributed by atoms with Crippen LogP contribution in [0.25, 0.3) is 0 Å². The lowest BCUT2D eigenvalue weighted by Crippen LogP contribution is -2.59. The molecule has 0 spiro atoms. The van der Waals surface area contributed by atoms with Gasteiger partial charge in [0.1, 0.15) is 5.75 Å². The third-order valence-electron chi connectivity index (χ3n) is 2.47. The summed E-state index contributed by atoms with van der Waals surface area (Å²) in [6, 6.07) is 2.99. The molecule has 1 atom stereocenters. The second-order valence-electron chi connectivity index (χ2n) is 4.18. The Labute approximate surface area is 121 Å². The van der Waals surface area contributed by atoms with Crippen LogP contribution in [0.5, 0.6) is 5.75 Å². The van der Waals surface area contributed by atoms with E-state index in [1.807, 2.05) is 5.32 Å². The summed E-state index contributed by atoms with van der Waals surface area (Å²) in [6.45, 7) is -2.61. The predicted molar refractivity (Wildman–Crippen MR) is 65.4 cm³/mol. The highest BCUT2D eigenvalue weighted by Crippen LogP contribution is 2.31. The Balaban J connectivity index is 2.90. The number of rotatable bonds is 4. The Morgan fingerprint density at radius 1 is 1.38 bits per heavy atom. The highest BCUT2D eigenvalue weighted by atomic mass is 35.5. The van der Waals surface area contributed by atoms with Crippen LogP contribution < -0.4 is 15.8 Å². The molecule has 1 unspecified atom stereocenters. The molecule has 0 bridgehead atoms. The number of nitrogens with one attached hydrogen (secondary N) is 1. The van der Waals surface area contributed by atoms with Crippen molar-refractivity contribution in [3.63, 3.8) is 0 Å². The summed E-state index contributed by atoms with van der Waals surface area (Å²) < 4.78 is 65.7. The van der Waals surface area contributed by atoms with Crippen LogP contribution in [0.15, 0.2) is 18.2 Å². The summed E-state index contributed by atoms with van der Waals surface area (Å²) in [5, 5.41) is 1.59. The fourth-order valence-corrected chi connectivity index (χ4v) is 1.38. The largest absolute Gasteiger partial charge is 0.433 e. The molecule has 4 nitrogen and oxygen atoms in total. The number of hydrogen-bond donors (Lipinski definition) is 2. The number of anilines is 1. The molecule has 1 aromatic rings. The van der Waals surface area contributed by atoms with Crippen LogP contribution in [-0.2, 0) is 4.79 Å². The van der Waals surface area contributed by atoms with E-state index < -0.39 is 24.2 Å². The molecule has 0 aromatic heterocycles. The molecule has 21 heavy (non-hydrogen) atoms. The Kier molecular flexibility index (Phi) is 5.00. The number of hydrogen-bond acceptors (Lipinski definition) is 3. The third kappa shape index (κ3) is 4.18. The van der Waals surface area contributed by atoms with E-state index >= 15 is 0 Å². The molecule has 0 aliphatic carbocycles. The van der Waals surface area contributed by atoms with E-state index in [2.05, 4.69) is 4.74 Å². The molecule has 1 amide bonds. The lowest BCUT2D eigenvalue weighted by Gasteiger charge is -2.26. The third-order valence-corrected chi connectivity index (χ3v) is 2.76. The van der Waals surface area contributed by atoms with Crippen LogP contribution in [-0.4, -0.2) is 24.2 Å². The summed E-state index contributed by atoms with van der Waals surface area (Å²) in [5.41, 5.74) is 1.67. The standard InChI is InChI=1S/C11H10ClF5N2O2/c1-10(18,11(15,16)17)8(20)19-5-2-3-7(6(12)4-5)21-9(13)14/h2-4,9H,18H2,1H3,(H,19,20). The van der Waals surface area contributed by atoms with E-state index in [1.165, 1.54) is 0 Å². The van der Waals surface area contributed by atoms with Crippen LogP contribution in [0.4, 0.5) is 27.6 Å². The van der Waals surface area contributed by atoms with E-state index in [-0.39, 0.29) is 16.5 Å². The molecule has 0 radical (unpaired) electrons. The molecular weight excluding hydrogens is 323 g/mol. The minimum atomic E-state index is -4.96. The van der Waals surface area contributed by atoms with Crippen LogP contribution in [0.1, 0.15) is 6.92 Å². The normalized spacial score (nSPS) is 14.7. The van der Waals surface area contributed by atoms with E-state index in [0.29, 0.717) is 6.92 Å². The van der Waals surface area contributed by atoms with Gasteiger partial charge in [0.15, 0.2) is 5.54 Å². The fourth-order valence-electron chi connectivity index (χ4n) is 1.16. The molecule has 10 heteroatoms. The topological polar surface area (TPSA) is 64.4 Å². The van der Waals surface area contributed by atoms with E-state index in [9.17, 15) is 26.7 Å². The summed E-state index contributed by atoms with van der Waals surface area (Å²) in [7, 11) is 0. The molecule has 1 aromatic carbocycles. The van der Waals surface area contributed by atoms with Crippen molar-refractivity contribution in [2.45, 2.75) is 25.3 Å². The lowest BCUT2D eigenvalue weighted by molar-refractivity contribution is -0.184. The molecule has 0 saturated heterocycles. The number of carbonyl (C=O) groups excluding carboxylic acids is 1. The van der Waals surface area contributed by atoms with Crippen molar-refractivity contribution in [1.29, 1.82) is 0 Å². The number of halogens is 6. The Hall–Kier alpha value is -1.61. The van der Waals surface area contributed by atoms with Gasteiger partial charge in [-0.05, 0) is 25.1 Å². The SMILES string of the molecule is CC(N)(C(=O)Nc1ccc(OC(F)F)c(Cl)c1)C(F)(F)F. The maximum absolute atomic E-state index is 12.6. The average Bonchev–Trinajstić information content (AvgIpc) is 2.30. The fraction of sp³-hybridized carbons (Fsp3) is 0.364. The highest BCUT2D eigenvalue weighted by Gasteiger charge is 2.53. The van der Waals surface area contributed by atoms with Crippen molar-refractivity contribution in [2.24, 2.45) is 5.73 Å². The number of amides is 1. The zero-order valence-corrected chi connectivity index (χ0v) is 11.2. The maximum atomic E-state index is 12.6. The first-order valence-electron chi connectivity index (χ1n) is 5.36. The van der Waals surface area contributed by atoms with Gasteiger partial charge in [0.2, 0.25) is 0 Å². The van der Waals surface area contributed by atoms with Gasteiger partial charge in [-0.25, -0.2) is 0 Å². The molecule has 0 aliphatic rings. The number of carbonyl (C=O) groups is 1. The van der Waals surface area contributed by atoms with E-state index in [4.69, 9.17) is 17.3 Å². The second kappa shape index (κ2) is 6.02. The van der Waals surface area contributed by atoms with Gasteiger partial charge in [0.05, 0.1) is 5.02 Å². The molecule has 0 saturated carbocycles. The maximum Gasteiger partial charge on any atom is 0.415 e. The molecule has 0 heterocycles. The molecule has 1 rings (SSSR count). The van der Waals surface area contributed by atoms with Crippen LogP contribution in [0, 0.1) is 0 Å². The molecule has 118 valence electrons. The van der Waals surface area contributed by atoms with Crippen LogP contribution in [0.2, 0.25) is 5.02 Å². The zero-order chi connectivity index (χ0) is 16.4. The van der Waals surface area contributed by atoms with Gasteiger partial charge in [0.25, 0.3) is 5.91 Å². The van der Waals surface area contributed by atoms with Crippen molar-refractivity contribution in [3.8, 4) is 5.75 Å². The first-order valence-corrected chi connectivity index (χ1v) is 5.74. The average molecular weight is 333 g/mol.